The molecule has 0 radical (unpaired) electrons. The van der Waals surface area contributed by atoms with E-state index in [-0.39, 0.29) is 0 Å². The number of thiazole rings is 1. The van der Waals surface area contributed by atoms with Crippen molar-refractivity contribution in [1.82, 2.24) is 9.97 Å². The van der Waals surface area contributed by atoms with E-state index >= 15 is 0 Å². The van der Waals surface area contributed by atoms with Crippen LogP contribution in [0.25, 0.3) is 21.1 Å². The zero-order valence-corrected chi connectivity index (χ0v) is 17.1. The predicted molar refractivity (Wildman–Crippen MR) is 115 cm³/mol. The van der Waals surface area contributed by atoms with Gasteiger partial charge in [-0.1, -0.05) is 52.3 Å². The third kappa shape index (κ3) is 6.02. The van der Waals surface area contributed by atoms with Crippen LogP contribution in [0.1, 0.15) is 45.7 Å². The quantitative estimate of drug-likeness (QED) is 0.379. The van der Waals surface area contributed by atoms with Gasteiger partial charge in [0, 0.05) is 11.7 Å². The minimum absolute atomic E-state index is 1.09. The average Bonchev–Trinajstić information content (AvgIpc) is 3.33. The zero-order valence-electron chi connectivity index (χ0n) is 16.3. The van der Waals surface area contributed by atoms with Crippen molar-refractivity contribution in [2.24, 2.45) is 0 Å². The van der Waals surface area contributed by atoms with Gasteiger partial charge in [0.1, 0.15) is 0 Å². The van der Waals surface area contributed by atoms with Crippen LogP contribution in [0.4, 0.5) is 0 Å². The number of aryl methyl sites for hydroxylation is 2. The molecule has 0 aliphatic rings. The maximum absolute atomic E-state index is 4.25. The van der Waals surface area contributed by atoms with E-state index in [2.05, 4.69) is 66.3 Å². The minimum Gasteiger partial charge on any atom is -0.361 e. The summed E-state index contributed by atoms with van der Waals surface area (Å²) in [6.45, 7) is 12.3. The van der Waals surface area contributed by atoms with Crippen LogP contribution >= 0.6 is 11.3 Å². The van der Waals surface area contributed by atoms with Crippen LogP contribution in [0.15, 0.2) is 54.2 Å². The molecule has 0 bridgehead atoms. The predicted octanol–water partition coefficient (Wildman–Crippen LogP) is 7.39. The molecule has 0 aliphatic heterocycles. The van der Waals surface area contributed by atoms with Crippen molar-refractivity contribution in [3.63, 3.8) is 0 Å². The standard InChI is InChI=1S/C9H9NS.C9H9N.2C2H6/c1-2-7-3-4-9-8(5-7)10-6-11-9;1-7-2-3-9-8(6-7)4-5-10-9;2*1-2/h3-6H,2H2,1H3;2-6,10H,1H3;2*1-2H3. The molecular weight excluding hydrogens is 324 g/mol. The third-order valence-corrected chi connectivity index (χ3v) is 4.32. The van der Waals surface area contributed by atoms with E-state index < -0.39 is 0 Å². The molecule has 0 atom stereocenters. The minimum atomic E-state index is 1.09. The summed E-state index contributed by atoms with van der Waals surface area (Å²) in [5, 5.41) is 1.29. The van der Waals surface area contributed by atoms with E-state index in [1.807, 2.05) is 39.4 Å². The monoisotopic (exact) mass is 354 g/mol. The van der Waals surface area contributed by atoms with Gasteiger partial charge in [0.2, 0.25) is 0 Å². The van der Waals surface area contributed by atoms with Crippen LogP contribution in [-0.2, 0) is 6.42 Å². The van der Waals surface area contributed by atoms with Crippen molar-refractivity contribution in [2.45, 2.75) is 48.0 Å². The number of fused-ring (bicyclic) bond motifs is 2. The van der Waals surface area contributed by atoms with Gasteiger partial charge < -0.3 is 4.98 Å². The molecule has 0 aliphatic carbocycles. The van der Waals surface area contributed by atoms with Gasteiger partial charge in [0.25, 0.3) is 0 Å². The summed E-state index contributed by atoms with van der Waals surface area (Å²) in [5.74, 6) is 0. The van der Waals surface area contributed by atoms with E-state index in [9.17, 15) is 0 Å². The number of benzene rings is 2. The summed E-state index contributed by atoms with van der Waals surface area (Å²) >= 11 is 1.70. The van der Waals surface area contributed by atoms with E-state index in [1.54, 1.807) is 11.3 Å². The Morgan fingerprint density at radius 1 is 0.960 bits per heavy atom. The number of nitrogens with zero attached hydrogens (tertiary/aromatic N) is 1. The Bertz CT molecular complexity index is 858. The molecule has 134 valence electrons. The highest BCUT2D eigenvalue weighted by Gasteiger charge is 1.95. The van der Waals surface area contributed by atoms with Gasteiger partial charge >= 0.3 is 0 Å². The van der Waals surface area contributed by atoms with Gasteiger partial charge in [-0.2, -0.15) is 0 Å². The lowest BCUT2D eigenvalue weighted by Crippen LogP contribution is -1.77. The van der Waals surface area contributed by atoms with Gasteiger partial charge in [0.05, 0.1) is 15.7 Å². The molecule has 25 heavy (non-hydrogen) atoms. The summed E-state index contributed by atoms with van der Waals surface area (Å²) in [6.07, 6.45) is 3.05. The van der Waals surface area contributed by atoms with Crippen LogP contribution in [0.5, 0.6) is 0 Å². The van der Waals surface area contributed by atoms with Gasteiger partial charge in [-0.05, 0) is 54.6 Å². The molecule has 0 amide bonds. The Balaban J connectivity index is 0.000000210. The Labute approximate surface area is 155 Å². The van der Waals surface area contributed by atoms with E-state index in [4.69, 9.17) is 0 Å². The van der Waals surface area contributed by atoms with Crippen LogP contribution in [0, 0.1) is 6.92 Å². The zero-order chi connectivity index (χ0) is 18.7. The fraction of sp³-hybridized carbons (Fsp3) is 0.318. The van der Waals surface area contributed by atoms with Crippen molar-refractivity contribution in [1.29, 1.82) is 0 Å². The van der Waals surface area contributed by atoms with Crippen molar-refractivity contribution in [3.05, 3.63) is 65.3 Å². The normalized spacial score (nSPS) is 9.36. The summed E-state index contributed by atoms with van der Waals surface area (Å²) in [6, 6.07) is 14.9. The summed E-state index contributed by atoms with van der Waals surface area (Å²) in [7, 11) is 0. The second kappa shape index (κ2) is 11.4. The van der Waals surface area contributed by atoms with Gasteiger partial charge in [0.15, 0.2) is 0 Å². The molecule has 2 nitrogen and oxygen atoms in total. The SMILES string of the molecule is CC.CC.CCc1ccc2scnc2c1.Cc1ccc2[nH]ccc2c1. The number of aromatic amines is 1. The lowest BCUT2D eigenvalue weighted by Gasteiger charge is -1.93. The summed E-state index contributed by atoms with van der Waals surface area (Å²) in [5.41, 5.74) is 6.92. The molecule has 3 heteroatoms. The Morgan fingerprint density at radius 3 is 2.44 bits per heavy atom. The highest BCUT2D eigenvalue weighted by atomic mass is 32.1. The van der Waals surface area contributed by atoms with Gasteiger partial charge in [-0.3, -0.25) is 0 Å². The summed E-state index contributed by atoms with van der Waals surface area (Å²) < 4.78 is 1.28. The molecule has 0 saturated heterocycles. The van der Waals surface area contributed by atoms with Gasteiger partial charge in [-0.15, -0.1) is 11.3 Å². The fourth-order valence-corrected chi connectivity index (χ4v) is 2.95. The third-order valence-electron chi connectivity index (χ3n) is 3.51. The molecule has 2 heterocycles. The number of rotatable bonds is 1. The lowest BCUT2D eigenvalue weighted by molar-refractivity contribution is 1.14. The number of aromatic nitrogens is 2. The maximum atomic E-state index is 4.25. The van der Waals surface area contributed by atoms with E-state index in [1.165, 1.54) is 26.7 Å². The molecule has 2 aromatic carbocycles. The molecule has 0 spiro atoms. The number of hydrogen-bond acceptors (Lipinski definition) is 2. The first-order valence-corrected chi connectivity index (χ1v) is 10.00. The first-order chi connectivity index (χ1) is 12.3. The van der Waals surface area contributed by atoms with Crippen LogP contribution in [0.3, 0.4) is 0 Å². The second-order valence-corrected chi connectivity index (χ2v) is 5.96. The van der Waals surface area contributed by atoms with Crippen LogP contribution in [0.2, 0.25) is 0 Å². The van der Waals surface area contributed by atoms with Crippen molar-refractivity contribution < 1.29 is 0 Å². The van der Waals surface area contributed by atoms with E-state index in [0.29, 0.717) is 0 Å². The Kier molecular flexibility index (Phi) is 9.56. The van der Waals surface area contributed by atoms with Crippen molar-refractivity contribution >= 4 is 32.5 Å². The van der Waals surface area contributed by atoms with Crippen LogP contribution in [-0.4, -0.2) is 9.97 Å². The maximum Gasteiger partial charge on any atom is 0.0814 e. The average molecular weight is 355 g/mol. The number of nitrogens with one attached hydrogen (secondary N) is 1. The fourth-order valence-electron chi connectivity index (χ4n) is 2.30. The highest BCUT2D eigenvalue weighted by molar-refractivity contribution is 7.16. The van der Waals surface area contributed by atoms with Crippen LogP contribution < -0.4 is 0 Å². The topological polar surface area (TPSA) is 28.7 Å². The Hall–Kier alpha value is -2.13. The van der Waals surface area contributed by atoms with Crippen molar-refractivity contribution in [2.75, 3.05) is 0 Å². The first-order valence-electron chi connectivity index (χ1n) is 9.12. The van der Waals surface area contributed by atoms with E-state index in [0.717, 1.165) is 11.9 Å². The summed E-state index contributed by atoms with van der Waals surface area (Å²) in [4.78, 5) is 7.39. The largest absolute Gasteiger partial charge is 0.361 e. The number of hydrogen-bond donors (Lipinski definition) is 1. The highest BCUT2D eigenvalue weighted by Crippen LogP contribution is 2.18. The Morgan fingerprint density at radius 2 is 1.72 bits per heavy atom. The lowest BCUT2D eigenvalue weighted by atomic mass is 10.2. The number of H-pyrrole nitrogens is 1. The molecule has 0 saturated carbocycles. The molecule has 0 unspecified atom stereocenters. The smallest absolute Gasteiger partial charge is 0.0814 e. The van der Waals surface area contributed by atoms with Gasteiger partial charge in [-0.25, -0.2) is 4.98 Å². The molecule has 4 aromatic rings. The van der Waals surface area contributed by atoms with Crippen molar-refractivity contribution in [3.8, 4) is 0 Å². The molecular formula is C22H30N2S. The molecule has 2 aromatic heterocycles. The second-order valence-electron chi connectivity index (χ2n) is 5.08. The first kappa shape index (κ1) is 20.9. The molecule has 1 N–H and O–H groups in total. The molecule has 4 rings (SSSR count). The molecule has 0 fully saturated rings.